The van der Waals surface area contributed by atoms with Gasteiger partial charge in [-0.3, -0.25) is 14.3 Å². The van der Waals surface area contributed by atoms with Crippen molar-refractivity contribution in [3.8, 4) is 11.1 Å². The van der Waals surface area contributed by atoms with E-state index >= 15 is 0 Å². The average molecular weight is 464 g/mol. The second-order valence-corrected chi connectivity index (χ2v) is 7.93. The van der Waals surface area contributed by atoms with Crippen molar-refractivity contribution in [3.05, 3.63) is 72.1 Å². The van der Waals surface area contributed by atoms with Gasteiger partial charge in [-0.15, -0.1) is 0 Å². The van der Waals surface area contributed by atoms with Gasteiger partial charge in [-0.2, -0.15) is 5.10 Å². The molecule has 0 saturated carbocycles. The SMILES string of the molecule is O=C(O)Cn1cc(NC(=O)CC(O)CNC(=O)OCC2c3ccccc3-c3ccccc32)cn1. The number of aliphatic carboxylic acids is 1. The molecular weight excluding hydrogens is 440 g/mol. The number of aliphatic hydroxyl groups is 1. The van der Waals surface area contributed by atoms with E-state index in [1.807, 2.05) is 48.5 Å². The number of anilines is 1. The van der Waals surface area contributed by atoms with Gasteiger partial charge in [-0.05, 0) is 22.3 Å². The van der Waals surface area contributed by atoms with E-state index in [0.717, 1.165) is 26.9 Å². The highest BCUT2D eigenvalue weighted by Gasteiger charge is 2.29. The second-order valence-electron chi connectivity index (χ2n) is 7.93. The molecule has 1 aliphatic rings. The fourth-order valence-corrected chi connectivity index (χ4v) is 4.00. The molecule has 4 rings (SSSR count). The molecule has 176 valence electrons. The smallest absolute Gasteiger partial charge is 0.407 e. The van der Waals surface area contributed by atoms with E-state index in [9.17, 15) is 19.5 Å². The summed E-state index contributed by atoms with van der Waals surface area (Å²) in [7, 11) is 0. The Morgan fingerprint density at radius 2 is 1.71 bits per heavy atom. The first kappa shape index (κ1) is 23.0. The number of amides is 2. The number of benzene rings is 2. The normalized spacial score (nSPS) is 13.0. The summed E-state index contributed by atoms with van der Waals surface area (Å²) in [6.07, 6.45) is 0.592. The Labute approximate surface area is 195 Å². The Kier molecular flexibility index (Phi) is 6.88. The van der Waals surface area contributed by atoms with Gasteiger partial charge in [0.15, 0.2) is 0 Å². The number of nitrogens with one attached hydrogen (secondary N) is 2. The van der Waals surface area contributed by atoms with E-state index in [1.165, 1.54) is 12.4 Å². The number of carbonyl (C=O) groups is 3. The summed E-state index contributed by atoms with van der Waals surface area (Å²) < 4.78 is 6.56. The van der Waals surface area contributed by atoms with Gasteiger partial charge >= 0.3 is 12.1 Å². The zero-order valence-electron chi connectivity index (χ0n) is 18.2. The van der Waals surface area contributed by atoms with E-state index in [1.54, 1.807) is 0 Å². The van der Waals surface area contributed by atoms with Gasteiger partial charge in [0.05, 0.1) is 24.4 Å². The number of fused-ring (bicyclic) bond motifs is 3. The average Bonchev–Trinajstić information content (AvgIpc) is 3.37. The van der Waals surface area contributed by atoms with Crippen LogP contribution >= 0.6 is 0 Å². The molecule has 10 nitrogen and oxygen atoms in total. The van der Waals surface area contributed by atoms with Crippen LogP contribution in [0.2, 0.25) is 0 Å². The fourth-order valence-electron chi connectivity index (χ4n) is 4.00. The number of carboxylic acids is 1. The summed E-state index contributed by atoms with van der Waals surface area (Å²) in [6.45, 7) is -0.346. The molecule has 1 heterocycles. The van der Waals surface area contributed by atoms with Gasteiger partial charge in [0.2, 0.25) is 5.91 Å². The number of ether oxygens (including phenoxy) is 1. The first-order chi connectivity index (χ1) is 16.4. The lowest BCUT2D eigenvalue weighted by atomic mass is 9.98. The lowest BCUT2D eigenvalue weighted by molar-refractivity contribution is -0.137. The Morgan fingerprint density at radius 1 is 1.06 bits per heavy atom. The summed E-state index contributed by atoms with van der Waals surface area (Å²) in [5.74, 6) is -1.64. The molecule has 1 aliphatic carbocycles. The van der Waals surface area contributed by atoms with Crippen LogP contribution in [0.25, 0.3) is 11.1 Å². The number of carboxylic acid groups (broad SMARTS) is 1. The summed E-state index contributed by atoms with van der Waals surface area (Å²) in [5.41, 5.74) is 4.76. The Bertz CT molecular complexity index is 1160. The number of carbonyl (C=O) groups excluding carboxylic acids is 2. The number of alkyl carbamates (subject to hydrolysis) is 1. The standard InChI is InChI=1S/C24H24N4O6/c29-16(9-22(30)27-15-10-26-28(12-15)13-23(31)32)11-25-24(33)34-14-21-19-7-3-1-5-17(19)18-6-2-4-8-20(18)21/h1-8,10,12,16,21,29H,9,11,13-14H2,(H,25,33)(H,27,30)(H,31,32). The molecule has 34 heavy (non-hydrogen) atoms. The molecule has 1 unspecified atom stereocenters. The number of nitrogens with zero attached hydrogens (tertiary/aromatic N) is 2. The van der Waals surface area contributed by atoms with Crippen LogP contribution in [0, 0.1) is 0 Å². The lowest BCUT2D eigenvalue weighted by Gasteiger charge is -2.15. The van der Waals surface area contributed by atoms with Gasteiger partial charge in [0.25, 0.3) is 0 Å². The van der Waals surface area contributed by atoms with Crippen molar-refractivity contribution in [2.75, 3.05) is 18.5 Å². The van der Waals surface area contributed by atoms with E-state index < -0.39 is 24.1 Å². The van der Waals surface area contributed by atoms with Crippen molar-refractivity contribution in [2.45, 2.75) is 25.0 Å². The van der Waals surface area contributed by atoms with Crippen LogP contribution < -0.4 is 10.6 Å². The molecule has 10 heteroatoms. The fraction of sp³-hybridized carbons (Fsp3) is 0.250. The third kappa shape index (κ3) is 5.41. The molecule has 0 bridgehead atoms. The second kappa shape index (κ2) is 10.2. The number of hydrogen-bond donors (Lipinski definition) is 4. The molecule has 0 spiro atoms. The van der Waals surface area contributed by atoms with Crippen molar-refractivity contribution < 1.29 is 29.3 Å². The van der Waals surface area contributed by atoms with E-state index in [-0.39, 0.29) is 32.0 Å². The maximum atomic E-state index is 12.2. The summed E-state index contributed by atoms with van der Waals surface area (Å²) in [6, 6.07) is 16.0. The molecule has 3 aromatic rings. The molecule has 0 radical (unpaired) electrons. The van der Waals surface area contributed by atoms with Crippen molar-refractivity contribution in [3.63, 3.8) is 0 Å². The van der Waals surface area contributed by atoms with Crippen LogP contribution in [-0.2, 0) is 20.9 Å². The predicted molar refractivity (Wildman–Crippen MR) is 122 cm³/mol. The monoisotopic (exact) mass is 464 g/mol. The molecule has 0 fully saturated rings. The van der Waals surface area contributed by atoms with Crippen LogP contribution in [0.4, 0.5) is 10.5 Å². The van der Waals surface area contributed by atoms with Gasteiger partial charge in [0.1, 0.15) is 13.2 Å². The Hall–Kier alpha value is -4.18. The maximum absolute atomic E-state index is 12.2. The molecular formula is C24H24N4O6. The molecule has 0 aliphatic heterocycles. The van der Waals surface area contributed by atoms with Crippen molar-refractivity contribution in [1.29, 1.82) is 0 Å². The third-order valence-electron chi connectivity index (χ3n) is 5.46. The highest BCUT2D eigenvalue weighted by atomic mass is 16.5. The molecule has 0 saturated heterocycles. The minimum Gasteiger partial charge on any atom is -0.480 e. The number of hydrogen-bond acceptors (Lipinski definition) is 6. The Balaban J connectivity index is 1.22. The van der Waals surface area contributed by atoms with E-state index in [0.29, 0.717) is 5.69 Å². The van der Waals surface area contributed by atoms with Gasteiger partial charge < -0.3 is 25.6 Å². The number of aromatic nitrogens is 2. The molecule has 2 amide bonds. The van der Waals surface area contributed by atoms with Crippen LogP contribution in [0.15, 0.2) is 60.9 Å². The van der Waals surface area contributed by atoms with Crippen LogP contribution in [0.1, 0.15) is 23.5 Å². The topological polar surface area (TPSA) is 143 Å². The minimum absolute atomic E-state index is 0.0732. The minimum atomic E-state index is -1.13. The molecule has 1 aromatic heterocycles. The number of aliphatic hydroxyl groups excluding tert-OH is 1. The van der Waals surface area contributed by atoms with Crippen LogP contribution in [0.3, 0.4) is 0 Å². The van der Waals surface area contributed by atoms with Gasteiger partial charge in [0, 0.05) is 18.7 Å². The van der Waals surface area contributed by atoms with E-state index in [2.05, 4.69) is 15.7 Å². The highest BCUT2D eigenvalue weighted by Crippen LogP contribution is 2.44. The summed E-state index contributed by atoms with van der Waals surface area (Å²) in [4.78, 5) is 34.9. The largest absolute Gasteiger partial charge is 0.480 e. The maximum Gasteiger partial charge on any atom is 0.407 e. The summed E-state index contributed by atoms with van der Waals surface area (Å²) in [5, 5.41) is 27.6. The third-order valence-corrected chi connectivity index (χ3v) is 5.46. The summed E-state index contributed by atoms with van der Waals surface area (Å²) >= 11 is 0. The van der Waals surface area contributed by atoms with Gasteiger partial charge in [-0.25, -0.2) is 4.79 Å². The van der Waals surface area contributed by atoms with Crippen LogP contribution in [-0.4, -0.2) is 57.2 Å². The highest BCUT2D eigenvalue weighted by molar-refractivity contribution is 5.90. The molecule has 4 N–H and O–H groups in total. The predicted octanol–water partition coefficient (Wildman–Crippen LogP) is 2.20. The lowest BCUT2D eigenvalue weighted by Crippen LogP contribution is -2.35. The van der Waals surface area contributed by atoms with Crippen molar-refractivity contribution >= 4 is 23.7 Å². The zero-order chi connectivity index (χ0) is 24.1. The Morgan fingerprint density at radius 3 is 2.35 bits per heavy atom. The first-order valence-corrected chi connectivity index (χ1v) is 10.7. The quantitative estimate of drug-likeness (QED) is 0.380. The molecule has 1 atom stereocenters. The van der Waals surface area contributed by atoms with Crippen molar-refractivity contribution in [2.24, 2.45) is 0 Å². The number of rotatable bonds is 9. The van der Waals surface area contributed by atoms with Gasteiger partial charge in [-0.1, -0.05) is 48.5 Å². The molecule has 2 aromatic carbocycles. The zero-order valence-corrected chi connectivity index (χ0v) is 18.2. The first-order valence-electron chi connectivity index (χ1n) is 10.7. The van der Waals surface area contributed by atoms with E-state index in [4.69, 9.17) is 9.84 Å². The van der Waals surface area contributed by atoms with Crippen molar-refractivity contribution in [1.82, 2.24) is 15.1 Å². The van der Waals surface area contributed by atoms with Crippen LogP contribution in [0.5, 0.6) is 0 Å².